The Morgan fingerprint density at radius 3 is 2.58 bits per heavy atom. The van der Waals surface area contributed by atoms with Gasteiger partial charge in [0.2, 0.25) is 0 Å². The number of aromatic nitrogens is 1. The smallest absolute Gasteiger partial charge is 0.341 e. The molecule has 0 saturated carbocycles. The van der Waals surface area contributed by atoms with Crippen molar-refractivity contribution in [2.24, 2.45) is 0 Å². The number of hydrogen-bond acceptors (Lipinski definition) is 6. The van der Waals surface area contributed by atoms with Crippen molar-refractivity contribution >= 4 is 39.7 Å². The van der Waals surface area contributed by atoms with Crippen LogP contribution in [0.15, 0.2) is 24.5 Å². The summed E-state index contributed by atoms with van der Waals surface area (Å²) < 4.78 is 7.49. The van der Waals surface area contributed by atoms with Crippen LogP contribution in [-0.2, 0) is 30.5 Å². The summed E-state index contributed by atoms with van der Waals surface area (Å²) in [7, 11) is 0. The van der Waals surface area contributed by atoms with Gasteiger partial charge in [0.25, 0.3) is 0 Å². The molecule has 1 unspecified atom stereocenters. The van der Waals surface area contributed by atoms with Gasteiger partial charge in [0.05, 0.1) is 18.2 Å². The summed E-state index contributed by atoms with van der Waals surface area (Å²) >= 11 is 3.33. The normalized spacial score (nSPS) is 16.2. The molecule has 2 N–H and O–H groups in total. The van der Waals surface area contributed by atoms with E-state index >= 15 is 0 Å². The van der Waals surface area contributed by atoms with Gasteiger partial charge in [0, 0.05) is 40.8 Å². The number of rotatable bonds is 7. The maximum Gasteiger partial charge on any atom is 0.341 e. The van der Waals surface area contributed by atoms with E-state index < -0.39 is 0 Å². The third-order valence-corrected chi connectivity index (χ3v) is 9.56. The average molecular weight is 527 g/mol. The van der Waals surface area contributed by atoms with Crippen molar-refractivity contribution in [2.75, 3.05) is 25.0 Å². The van der Waals surface area contributed by atoms with E-state index in [2.05, 4.69) is 39.4 Å². The Morgan fingerprint density at radius 1 is 1.06 bits per heavy atom. The summed E-state index contributed by atoms with van der Waals surface area (Å²) in [6.07, 6.45) is 9.07. The number of likely N-dealkylation sites (N-methyl/N-ethyl adjacent to an activating group) is 1. The molecule has 3 aromatic rings. The van der Waals surface area contributed by atoms with Gasteiger partial charge in [-0.05, 0) is 75.8 Å². The number of nitrogens with zero attached hydrogens (tertiary/aromatic N) is 2. The minimum Gasteiger partial charge on any atom is -0.462 e. The summed E-state index contributed by atoms with van der Waals surface area (Å²) in [6, 6.07) is 3.58. The number of aryl methyl sites for hydroxylation is 1. The number of anilines is 1. The van der Waals surface area contributed by atoms with E-state index in [9.17, 15) is 9.59 Å². The SMILES string of the molecule is CCOC(=O)c1c(NC(=O)NC(C)c2c(-n3cccc3)sc3c2CCN(CC)C3)sc2c1CCCC2. The van der Waals surface area contributed by atoms with Gasteiger partial charge in [0.1, 0.15) is 10.0 Å². The average Bonchev–Trinajstić information content (AvgIpc) is 3.60. The highest BCUT2D eigenvalue weighted by molar-refractivity contribution is 7.17. The molecule has 5 rings (SSSR count). The van der Waals surface area contributed by atoms with Crippen LogP contribution in [-0.4, -0.2) is 41.2 Å². The largest absolute Gasteiger partial charge is 0.462 e. The van der Waals surface area contributed by atoms with E-state index in [1.807, 2.05) is 37.3 Å². The molecule has 0 aromatic carbocycles. The summed E-state index contributed by atoms with van der Waals surface area (Å²) in [6.45, 7) is 9.39. The molecule has 0 saturated heterocycles. The lowest BCUT2D eigenvalue weighted by Gasteiger charge is -2.26. The second-order valence-electron chi connectivity index (χ2n) is 9.39. The first-order chi connectivity index (χ1) is 17.5. The van der Waals surface area contributed by atoms with Gasteiger partial charge in [-0.3, -0.25) is 10.2 Å². The van der Waals surface area contributed by atoms with Gasteiger partial charge in [-0.15, -0.1) is 22.7 Å². The highest BCUT2D eigenvalue weighted by Crippen LogP contribution is 2.40. The number of ether oxygens (including phenoxy) is 1. The van der Waals surface area contributed by atoms with Crippen LogP contribution in [0.1, 0.15) is 76.5 Å². The molecule has 36 heavy (non-hydrogen) atoms. The molecule has 1 aliphatic carbocycles. The predicted molar refractivity (Wildman–Crippen MR) is 146 cm³/mol. The molecule has 192 valence electrons. The number of thiophene rings is 2. The molecule has 4 heterocycles. The third kappa shape index (κ3) is 4.84. The number of urea groups is 1. The van der Waals surface area contributed by atoms with Crippen LogP contribution in [0.5, 0.6) is 0 Å². The minimum absolute atomic E-state index is 0.184. The highest BCUT2D eigenvalue weighted by Gasteiger charge is 2.30. The fourth-order valence-corrected chi connectivity index (χ4v) is 8.05. The zero-order chi connectivity index (χ0) is 25.2. The standard InChI is InChI=1S/C27H34N4O3S2/c1-4-30-15-12-19-21(16-30)36-25(31-13-8-9-14-31)22(19)17(3)28-27(33)29-24-23(26(32)34-5-2)18-10-6-7-11-20(18)35-24/h8-9,13-14,17H,4-7,10-12,15-16H2,1-3H3,(H2,28,29,33). The molecule has 0 bridgehead atoms. The monoisotopic (exact) mass is 526 g/mol. The van der Waals surface area contributed by atoms with Gasteiger partial charge in [-0.1, -0.05) is 6.92 Å². The van der Waals surface area contributed by atoms with Crippen molar-refractivity contribution in [1.29, 1.82) is 0 Å². The van der Waals surface area contributed by atoms with Crippen molar-refractivity contribution in [2.45, 2.75) is 65.5 Å². The third-order valence-electron chi connectivity index (χ3n) is 7.10. The highest BCUT2D eigenvalue weighted by atomic mass is 32.1. The fraction of sp³-hybridized carbons (Fsp3) is 0.481. The topological polar surface area (TPSA) is 75.6 Å². The second kappa shape index (κ2) is 10.8. The van der Waals surface area contributed by atoms with Gasteiger partial charge in [-0.25, -0.2) is 9.59 Å². The van der Waals surface area contributed by atoms with Gasteiger partial charge < -0.3 is 14.6 Å². The van der Waals surface area contributed by atoms with E-state index in [-0.39, 0.29) is 18.0 Å². The molecule has 0 radical (unpaired) electrons. The first-order valence-corrected chi connectivity index (χ1v) is 14.5. The lowest BCUT2D eigenvalue weighted by atomic mass is 9.95. The molecular weight excluding hydrogens is 492 g/mol. The number of amides is 2. The number of carbonyl (C=O) groups excluding carboxylic acids is 2. The quantitative estimate of drug-likeness (QED) is 0.375. The molecule has 2 aliphatic rings. The van der Waals surface area contributed by atoms with Crippen LogP contribution in [0.4, 0.5) is 9.80 Å². The molecule has 9 heteroatoms. The van der Waals surface area contributed by atoms with Gasteiger partial charge in [-0.2, -0.15) is 0 Å². The zero-order valence-electron chi connectivity index (χ0n) is 21.2. The van der Waals surface area contributed by atoms with Crippen molar-refractivity contribution in [3.8, 4) is 5.00 Å². The number of nitrogens with one attached hydrogen (secondary N) is 2. The van der Waals surface area contributed by atoms with Crippen molar-refractivity contribution in [3.05, 3.63) is 56.5 Å². The van der Waals surface area contributed by atoms with Gasteiger partial charge in [0.15, 0.2) is 0 Å². The van der Waals surface area contributed by atoms with Crippen LogP contribution in [0.3, 0.4) is 0 Å². The molecule has 1 atom stereocenters. The lowest BCUT2D eigenvalue weighted by molar-refractivity contribution is 0.0526. The summed E-state index contributed by atoms with van der Waals surface area (Å²) in [4.78, 5) is 31.1. The Morgan fingerprint density at radius 2 is 1.83 bits per heavy atom. The zero-order valence-corrected chi connectivity index (χ0v) is 22.8. The second-order valence-corrected chi connectivity index (χ2v) is 11.6. The molecule has 0 spiro atoms. The van der Waals surface area contributed by atoms with E-state index in [1.54, 1.807) is 0 Å². The van der Waals surface area contributed by atoms with E-state index in [1.165, 1.54) is 32.2 Å². The molecule has 0 fully saturated rings. The first-order valence-electron chi connectivity index (χ1n) is 12.9. The Bertz CT molecular complexity index is 1240. The molecule has 3 aromatic heterocycles. The predicted octanol–water partition coefficient (Wildman–Crippen LogP) is 5.92. The summed E-state index contributed by atoms with van der Waals surface area (Å²) in [5.41, 5.74) is 4.14. The molecule has 7 nitrogen and oxygen atoms in total. The van der Waals surface area contributed by atoms with Crippen LogP contribution < -0.4 is 10.6 Å². The Labute approximate surface area is 220 Å². The van der Waals surface area contributed by atoms with Crippen LogP contribution in [0, 0.1) is 0 Å². The molecule has 2 amide bonds. The molecule has 1 aliphatic heterocycles. The number of hydrogen-bond donors (Lipinski definition) is 2. The first kappa shape index (κ1) is 25.0. The van der Waals surface area contributed by atoms with E-state index in [0.29, 0.717) is 17.2 Å². The minimum atomic E-state index is -0.345. The maximum atomic E-state index is 13.2. The van der Waals surface area contributed by atoms with Crippen LogP contribution >= 0.6 is 22.7 Å². The van der Waals surface area contributed by atoms with Crippen molar-refractivity contribution in [3.63, 3.8) is 0 Å². The number of carbonyl (C=O) groups is 2. The van der Waals surface area contributed by atoms with E-state index in [0.717, 1.165) is 62.3 Å². The van der Waals surface area contributed by atoms with Gasteiger partial charge >= 0.3 is 12.0 Å². The van der Waals surface area contributed by atoms with Crippen molar-refractivity contribution in [1.82, 2.24) is 14.8 Å². The summed E-state index contributed by atoms with van der Waals surface area (Å²) in [5.74, 6) is -0.345. The Hall–Kier alpha value is -2.62. The molecular formula is C27H34N4O3S2. The Balaban J connectivity index is 1.40. The van der Waals surface area contributed by atoms with Crippen molar-refractivity contribution < 1.29 is 14.3 Å². The fourth-order valence-electron chi connectivity index (χ4n) is 5.33. The maximum absolute atomic E-state index is 13.2. The summed E-state index contributed by atoms with van der Waals surface area (Å²) in [5, 5.41) is 7.94. The Kier molecular flexibility index (Phi) is 7.50. The van der Waals surface area contributed by atoms with Crippen LogP contribution in [0.2, 0.25) is 0 Å². The van der Waals surface area contributed by atoms with E-state index in [4.69, 9.17) is 4.74 Å². The number of fused-ring (bicyclic) bond motifs is 2. The lowest BCUT2D eigenvalue weighted by Crippen LogP contribution is -2.33. The number of esters is 1. The van der Waals surface area contributed by atoms with Crippen LogP contribution in [0.25, 0.3) is 5.00 Å².